The molecule has 1 aromatic rings. The van der Waals surface area contributed by atoms with Crippen molar-refractivity contribution in [3.8, 4) is 0 Å². The third kappa shape index (κ3) is 3.97. The predicted molar refractivity (Wildman–Crippen MR) is 91.3 cm³/mol. The second kappa shape index (κ2) is 6.53. The van der Waals surface area contributed by atoms with Crippen LogP contribution in [0, 0.1) is 5.41 Å². The van der Waals surface area contributed by atoms with E-state index in [1.165, 1.54) is 19.3 Å². The van der Waals surface area contributed by atoms with E-state index in [0.29, 0.717) is 12.0 Å². The fourth-order valence-corrected chi connectivity index (χ4v) is 3.00. The molecule has 1 aliphatic rings. The first-order chi connectivity index (χ1) is 10.3. The molecular weight excluding hydrogens is 274 g/mol. The first-order valence-corrected chi connectivity index (χ1v) is 8.40. The maximum Gasteiger partial charge on any atom is 0.136 e. The van der Waals surface area contributed by atoms with Gasteiger partial charge in [-0.3, -0.25) is 0 Å². The Labute approximate surface area is 135 Å². The summed E-state index contributed by atoms with van der Waals surface area (Å²) in [5, 5.41) is 0. The predicted octanol–water partition coefficient (Wildman–Crippen LogP) is 3.94. The van der Waals surface area contributed by atoms with Crippen LogP contribution in [0.25, 0.3) is 0 Å². The summed E-state index contributed by atoms with van der Waals surface area (Å²) >= 11 is 0. The number of hydrogen-bond donors (Lipinski definition) is 0. The Bertz CT molecular complexity index is 510. The fraction of sp³-hybridized carbons (Fsp3) is 0.778. The minimum Gasteiger partial charge on any atom is -0.378 e. The zero-order valence-corrected chi connectivity index (χ0v) is 15.1. The second-order valence-corrected chi connectivity index (χ2v) is 7.91. The first-order valence-electron chi connectivity index (χ1n) is 8.40. The quantitative estimate of drug-likeness (QED) is 0.844. The largest absolute Gasteiger partial charge is 0.378 e. The van der Waals surface area contributed by atoms with E-state index in [-0.39, 0.29) is 5.41 Å². The highest BCUT2D eigenvalue weighted by Crippen LogP contribution is 2.35. The summed E-state index contributed by atoms with van der Waals surface area (Å²) in [6, 6.07) is 2.10. The summed E-state index contributed by atoms with van der Waals surface area (Å²) in [5.41, 5.74) is 1.32. The smallest absolute Gasteiger partial charge is 0.136 e. The molecule has 0 aliphatic carbocycles. The number of methoxy groups -OCH3 is 1. The van der Waals surface area contributed by atoms with Gasteiger partial charge < -0.3 is 9.64 Å². The average molecular weight is 305 g/mol. The molecule has 1 aromatic heterocycles. The van der Waals surface area contributed by atoms with Crippen LogP contribution in [0.15, 0.2) is 6.07 Å². The van der Waals surface area contributed by atoms with Gasteiger partial charge in [-0.15, -0.1) is 0 Å². The van der Waals surface area contributed by atoms with Gasteiger partial charge in [0.25, 0.3) is 0 Å². The number of aromatic nitrogens is 2. The topological polar surface area (TPSA) is 38.2 Å². The van der Waals surface area contributed by atoms with Crippen molar-refractivity contribution in [1.29, 1.82) is 0 Å². The lowest BCUT2D eigenvalue weighted by Crippen LogP contribution is -2.42. The lowest BCUT2D eigenvalue weighted by Gasteiger charge is -2.41. The van der Waals surface area contributed by atoms with Gasteiger partial charge in [-0.1, -0.05) is 34.6 Å². The molecule has 22 heavy (non-hydrogen) atoms. The van der Waals surface area contributed by atoms with Crippen LogP contribution in [0.3, 0.4) is 0 Å². The van der Waals surface area contributed by atoms with Gasteiger partial charge in [0.05, 0.1) is 12.3 Å². The van der Waals surface area contributed by atoms with Crippen LogP contribution in [0.4, 0.5) is 5.82 Å². The van der Waals surface area contributed by atoms with Crippen LogP contribution in [0.5, 0.6) is 0 Å². The van der Waals surface area contributed by atoms with E-state index >= 15 is 0 Å². The number of ether oxygens (including phenoxy) is 1. The van der Waals surface area contributed by atoms with Crippen LogP contribution in [0.2, 0.25) is 0 Å². The molecule has 1 fully saturated rings. The molecule has 0 amide bonds. The van der Waals surface area contributed by atoms with Crippen molar-refractivity contribution < 1.29 is 4.74 Å². The van der Waals surface area contributed by atoms with Gasteiger partial charge in [0.15, 0.2) is 0 Å². The maximum absolute atomic E-state index is 5.29. The molecule has 4 nitrogen and oxygen atoms in total. The molecule has 2 rings (SSSR count). The van der Waals surface area contributed by atoms with Crippen molar-refractivity contribution in [2.45, 2.75) is 65.9 Å². The van der Waals surface area contributed by atoms with Gasteiger partial charge >= 0.3 is 0 Å². The number of rotatable bonds is 4. The van der Waals surface area contributed by atoms with Gasteiger partial charge in [0, 0.05) is 31.7 Å². The van der Waals surface area contributed by atoms with E-state index in [2.05, 4.69) is 50.6 Å². The number of hydrogen-bond acceptors (Lipinski definition) is 4. The summed E-state index contributed by atoms with van der Waals surface area (Å²) in [7, 11) is 1.72. The SMILES string of the molecule is CCC1(C)CCCN(c2cc(COC)nc(C(C)(C)C)n2)C1. The molecule has 2 heterocycles. The van der Waals surface area contributed by atoms with E-state index in [1.54, 1.807) is 7.11 Å². The Hall–Kier alpha value is -1.16. The van der Waals surface area contributed by atoms with Gasteiger partial charge in [0.1, 0.15) is 11.6 Å². The van der Waals surface area contributed by atoms with E-state index in [9.17, 15) is 0 Å². The van der Waals surface area contributed by atoms with Crippen molar-refractivity contribution in [3.63, 3.8) is 0 Å². The fourth-order valence-electron chi connectivity index (χ4n) is 3.00. The Balaban J connectivity index is 2.35. The molecule has 4 heteroatoms. The highest BCUT2D eigenvalue weighted by Gasteiger charge is 2.31. The third-order valence-electron chi connectivity index (χ3n) is 4.69. The summed E-state index contributed by atoms with van der Waals surface area (Å²) < 4.78 is 5.29. The third-order valence-corrected chi connectivity index (χ3v) is 4.69. The summed E-state index contributed by atoms with van der Waals surface area (Å²) in [4.78, 5) is 12.0. The van der Waals surface area contributed by atoms with E-state index < -0.39 is 0 Å². The lowest BCUT2D eigenvalue weighted by atomic mass is 9.79. The molecule has 1 saturated heterocycles. The standard InChI is InChI=1S/C18H31N3O/c1-7-18(5)9-8-10-21(13-18)15-11-14(12-22-6)19-16(20-15)17(2,3)4/h11H,7-10,12-13H2,1-6H3. The minimum absolute atomic E-state index is 0.0532. The first kappa shape index (κ1) is 17.2. The molecule has 1 unspecified atom stereocenters. The number of piperidine rings is 1. The molecule has 0 radical (unpaired) electrons. The number of nitrogens with zero attached hydrogens (tertiary/aromatic N) is 3. The van der Waals surface area contributed by atoms with Gasteiger partial charge in [-0.05, 0) is 24.7 Å². The van der Waals surface area contributed by atoms with Gasteiger partial charge in [-0.2, -0.15) is 0 Å². The maximum atomic E-state index is 5.29. The molecule has 1 atom stereocenters. The van der Waals surface area contributed by atoms with Crippen LogP contribution < -0.4 is 4.90 Å². The molecule has 0 spiro atoms. The van der Waals surface area contributed by atoms with Crippen molar-refractivity contribution in [2.75, 3.05) is 25.1 Å². The Morgan fingerprint density at radius 3 is 2.64 bits per heavy atom. The molecule has 0 saturated carbocycles. The monoisotopic (exact) mass is 305 g/mol. The van der Waals surface area contributed by atoms with E-state index in [0.717, 1.165) is 30.4 Å². The van der Waals surface area contributed by atoms with Crippen LogP contribution in [-0.4, -0.2) is 30.2 Å². The van der Waals surface area contributed by atoms with Crippen LogP contribution in [-0.2, 0) is 16.8 Å². The van der Waals surface area contributed by atoms with Crippen LogP contribution >= 0.6 is 0 Å². The Morgan fingerprint density at radius 2 is 2.05 bits per heavy atom. The highest BCUT2D eigenvalue weighted by molar-refractivity contribution is 5.41. The van der Waals surface area contributed by atoms with Crippen molar-refractivity contribution in [3.05, 3.63) is 17.6 Å². The zero-order valence-electron chi connectivity index (χ0n) is 15.1. The van der Waals surface area contributed by atoms with E-state index in [1.807, 2.05) is 0 Å². The summed E-state index contributed by atoms with van der Waals surface area (Å²) in [6.45, 7) is 13.9. The van der Waals surface area contributed by atoms with Crippen molar-refractivity contribution in [1.82, 2.24) is 9.97 Å². The van der Waals surface area contributed by atoms with Gasteiger partial charge in [0.2, 0.25) is 0 Å². The van der Waals surface area contributed by atoms with Crippen molar-refractivity contribution >= 4 is 5.82 Å². The van der Waals surface area contributed by atoms with Crippen molar-refractivity contribution in [2.24, 2.45) is 5.41 Å². The molecule has 1 aliphatic heterocycles. The second-order valence-electron chi connectivity index (χ2n) is 7.91. The summed E-state index contributed by atoms with van der Waals surface area (Å²) in [5.74, 6) is 1.96. The summed E-state index contributed by atoms with van der Waals surface area (Å²) in [6.07, 6.45) is 3.76. The Morgan fingerprint density at radius 1 is 1.32 bits per heavy atom. The molecule has 0 aromatic carbocycles. The molecule has 0 bridgehead atoms. The number of anilines is 1. The minimum atomic E-state index is -0.0532. The Kier molecular flexibility index (Phi) is 5.10. The molecule has 124 valence electrons. The zero-order chi connectivity index (χ0) is 16.4. The molecular formula is C18H31N3O. The van der Waals surface area contributed by atoms with Crippen LogP contribution in [0.1, 0.15) is 65.4 Å². The molecule has 0 N–H and O–H groups in total. The highest BCUT2D eigenvalue weighted by atomic mass is 16.5. The normalized spacial score (nSPS) is 22.9. The lowest BCUT2D eigenvalue weighted by molar-refractivity contribution is 0.181. The average Bonchev–Trinajstić information content (AvgIpc) is 2.46. The van der Waals surface area contributed by atoms with E-state index in [4.69, 9.17) is 9.72 Å². The van der Waals surface area contributed by atoms with Gasteiger partial charge in [-0.25, -0.2) is 9.97 Å².